The zero-order valence-corrected chi connectivity index (χ0v) is 16.3. The van der Waals surface area contributed by atoms with Gasteiger partial charge in [-0.2, -0.15) is 0 Å². The van der Waals surface area contributed by atoms with Crippen molar-refractivity contribution in [3.8, 4) is 5.75 Å². The molecular weight excluding hydrogens is 368 g/mol. The molecule has 1 aromatic carbocycles. The zero-order valence-electron chi connectivity index (χ0n) is 14.7. The highest BCUT2D eigenvalue weighted by Crippen LogP contribution is 2.28. The van der Waals surface area contributed by atoms with E-state index in [9.17, 15) is 4.79 Å². The van der Waals surface area contributed by atoms with Crippen LogP contribution in [-0.2, 0) is 0 Å². The Morgan fingerprint density at radius 2 is 1.79 bits per heavy atom. The van der Waals surface area contributed by atoms with E-state index in [1.54, 1.807) is 6.07 Å². The number of nitrogens with zero attached hydrogens (tertiary/aromatic N) is 1. The molecule has 0 aliphatic carbocycles. The van der Waals surface area contributed by atoms with E-state index in [0.29, 0.717) is 15.9 Å². The van der Waals surface area contributed by atoms with E-state index >= 15 is 0 Å². The summed E-state index contributed by atoms with van der Waals surface area (Å²) in [6.07, 6.45) is -0.0280. The van der Waals surface area contributed by atoms with Gasteiger partial charge in [-0.25, -0.2) is 4.98 Å². The first-order valence-electron chi connectivity index (χ1n) is 7.99. The predicted molar refractivity (Wildman–Crippen MR) is 99.5 cm³/mol. The summed E-state index contributed by atoms with van der Waals surface area (Å²) in [6, 6.07) is 9.79. The fourth-order valence-corrected chi connectivity index (χ4v) is 3.02. The van der Waals surface area contributed by atoms with Crippen LogP contribution >= 0.6 is 15.9 Å². The van der Waals surface area contributed by atoms with E-state index in [-0.39, 0.29) is 18.1 Å². The molecule has 0 radical (unpaired) electrons. The average molecular weight is 391 g/mol. The topological polar surface area (TPSA) is 51.2 Å². The summed E-state index contributed by atoms with van der Waals surface area (Å²) in [5.41, 5.74) is 3.46. The summed E-state index contributed by atoms with van der Waals surface area (Å²) in [7, 11) is 0. The Balaban J connectivity index is 2.27. The molecule has 24 heavy (non-hydrogen) atoms. The first-order chi connectivity index (χ1) is 11.3. The Bertz CT molecular complexity index is 727. The Morgan fingerprint density at radius 1 is 1.17 bits per heavy atom. The number of halogens is 1. The van der Waals surface area contributed by atoms with Crippen LogP contribution in [0.3, 0.4) is 0 Å². The van der Waals surface area contributed by atoms with Gasteiger partial charge in [-0.1, -0.05) is 29.8 Å². The molecule has 1 N–H and O–H groups in total. The molecule has 1 heterocycles. The summed E-state index contributed by atoms with van der Waals surface area (Å²) in [6.45, 7) is 9.73. The molecule has 1 aromatic heterocycles. The van der Waals surface area contributed by atoms with E-state index in [4.69, 9.17) is 4.74 Å². The quantitative estimate of drug-likeness (QED) is 0.750. The SMILES string of the molecule is Cc1ccc([C@H](C)NC(=O)c2c(OC(C)C)cc(C)nc2Br)cc1. The Kier molecular flexibility index (Phi) is 5.99. The molecule has 0 aliphatic rings. The van der Waals surface area contributed by atoms with Crippen molar-refractivity contribution in [1.29, 1.82) is 0 Å². The highest BCUT2D eigenvalue weighted by Gasteiger charge is 2.21. The average Bonchev–Trinajstić information content (AvgIpc) is 2.46. The first-order valence-corrected chi connectivity index (χ1v) is 8.78. The van der Waals surface area contributed by atoms with Crippen LogP contribution in [0.25, 0.3) is 0 Å². The summed E-state index contributed by atoms with van der Waals surface area (Å²) in [5, 5.41) is 3.02. The van der Waals surface area contributed by atoms with Gasteiger partial charge in [-0.15, -0.1) is 0 Å². The molecule has 0 unspecified atom stereocenters. The van der Waals surface area contributed by atoms with Crippen LogP contribution in [0.5, 0.6) is 5.75 Å². The maximum Gasteiger partial charge on any atom is 0.258 e. The monoisotopic (exact) mass is 390 g/mol. The van der Waals surface area contributed by atoms with Gasteiger partial charge in [0.05, 0.1) is 12.1 Å². The fourth-order valence-electron chi connectivity index (χ4n) is 2.37. The second-order valence-electron chi connectivity index (χ2n) is 6.20. The van der Waals surface area contributed by atoms with E-state index in [0.717, 1.165) is 11.3 Å². The molecule has 0 fully saturated rings. The largest absolute Gasteiger partial charge is 0.490 e. The second-order valence-corrected chi connectivity index (χ2v) is 6.95. The first kappa shape index (κ1) is 18.5. The third-order valence-electron chi connectivity index (χ3n) is 3.58. The smallest absolute Gasteiger partial charge is 0.258 e. The van der Waals surface area contributed by atoms with E-state index in [1.807, 2.05) is 58.9 Å². The molecular formula is C19H23BrN2O2. The predicted octanol–water partition coefficient (Wildman–Crippen LogP) is 4.74. The summed E-state index contributed by atoms with van der Waals surface area (Å²) >= 11 is 3.39. The number of hydrogen-bond acceptors (Lipinski definition) is 3. The van der Waals surface area contributed by atoms with Crippen molar-refractivity contribution in [2.75, 3.05) is 0 Å². The van der Waals surface area contributed by atoms with Crippen molar-refractivity contribution >= 4 is 21.8 Å². The number of hydrogen-bond donors (Lipinski definition) is 1. The lowest BCUT2D eigenvalue weighted by molar-refractivity contribution is 0.0932. The van der Waals surface area contributed by atoms with Gasteiger partial charge >= 0.3 is 0 Å². The number of amides is 1. The van der Waals surface area contributed by atoms with Crippen molar-refractivity contribution in [1.82, 2.24) is 10.3 Å². The summed E-state index contributed by atoms with van der Waals surface area (Å²) < 4.78 is 6.29. The van der Waals surface area contributed by atoms with Gasteiger partial charge < -0.3 is 10.1 Å². The number of aromatic nitrogens is 1. The maximum absolute atomic E-state index is 12.8. The normalized spacial score (nSPS) is 12.1. The molecule has 2 rings (SSSR count). The summed E-state index contributed by atoms with van der Waals surface area (Å²) in [5.74, 6) is 0.330. The number of carbonyl (C=O) groups is 1. The van der Waals surface area contributed by atoms with E-state index in [1.165, 1.54) is 5.56 Å². The zero-order chi connectivity index (χ0) is 17.9. The highest BCUT2D eigenvalue weighted by atomic mass is 79.9. The number of aryl methyl sites for hydroxylation is 2. The molecule has 4 nitrogen and oxygen atoms in total. The third-order valence-corrected chi connectivity index (χ3v) is 4.16. The van der Waals surface area contributed by atoms with Crippen LogP contribution < -0.4 is 10.1 Å². The molecule has 0 saturated carbocycles. The number of benzene rings is 1. The number of nitrogens with one attached hydrogen (secondary N) is 1. The van der Waals surface area contributed by atoms with Crippen LogP contribution in [0.1, 0.15) is 54.0 Å². The molecule has 0 spiro atoms. The highest BCUT2D eigenvalue weighted by molar-refractivity contribution is 9.10. The van der Waals surface area contributed by atoms with Gasteiger partial charge in [0.15, 0.2) is 0 Å². The maximum atomic E-state index is 12.8. The third kappa shape index (κ3) is 4.57. The number of pyridine rings is 1. The molecule has 1 amide bonds. The lowest BCUT2D eigenvalue weighted by Gasteiger charge is -2.19. The van der Waals surface area contributed by atoms with Gasteiger partial charge in [0.2, 0.25) is 0 Å². The van der Waals surface area contributed by atoms with Crippen LogP contribution in [0, 0.1) is 13.8 Å². The van der Waals surface area contributed by atoms with Crippen molar-refractivity contribution in [2.45, 2.75) is 46.8 Å². The number of ether oxygens (including phenoxy) is 1. The van der Waals surface area contributed by atoms with Gasteiger partial charge in [-0.05, 0) is 56.1 Å². The van der Waals surface area contributed by atoms with Gasteiger partial charge in [-0.3, -0.25) is 4.79 Å². The summed E-state index contributed by atoms with van der Waals surface area (Å²) in [4.78, 5) is 17.1. The van der Waals surface area contributed by atoms with Crippen molar-refractivity contribution in [3.63, 3.8) is 0 Å². The lowest BCUT2D eigenvalue weighted by Crippen LogP contribution is -2.28. The molecule has 128 valence electrons. The Hall–Kier alpha value is -1.88. The van der Waals surface area contributed by atoms with Gasteiger partial charge in [0.1, 0.15) is 15.9 Å². The molecule has 0 aliphatic heterocycles. The van der Waals surface area contributed by atoms with Crippen LogP contribution in [-0.4, -0.2) is 17.0 Å². The van der Waals surface area contributed by atoms with E-state index in [2.05, 4.69) is 26.2 Å². The fraction of sp³-hybridized carbons (Fsp3) is 0.368. The number of rotatable bonds is 5. The minimum Gasteiger partial charge on any atom is -0.490 e. The second kappa shape index (κ2) is 7.79. The lowest BCUT2D eigenvalue weighted by atomic mass is 10.1. The van der Waals surface area contributed by atoms with Gasteiger partial charge in [0, 0.05) is 11.8 Å². The molecule has 1 atom stereocenters. The van der Waals surface area contributed by atoms with Crippen molar-refractivity contribution < 1.29 is 9.53 Å². The Morgan fingerprint density at radius 3 is 2.38 bits per heavy atom. The minimum absolute atomic E-state index is 0.0280. The molecule has 0 bridgehead atoms. The number of carbonyl (C=O) groups excluding carboxylic acids is 1. The van der Waals surface area contributed by atoms with Crippen molar-refractivity contribution in [3.05, 3.63) is 57.3 Å². The van der Waals surface area contributed by atoms with Crippen molar-refractivity contribution in [2.24, 2.45) is 0 Å². The van der Waals surface area contributed by atoms with Gasteiger partial charge in [0.25, 0.3) is 5.91 Å². The molecule has 2 aromatic rings. The van der Waals surface area contributed by atoms with Crippen LogP contribution in [0.2, 0.25) is 0 Å². The standard InChI is InChI=1S/C19H23BrN2O2/c1-11(2)24-16-10-13(4)21-18(20)17(16)19(23)22-14(5)15-8-6-12(3)7-9-15/h6-11,14H,1-5H3,(H,22,23)/t14-/m0/s1. The Labute approximate surface area is 151 Å². The van der Waals surface area contributed by atoms with Crippen LogP contribution in [0.15, 0.2) is 34.9 Å². The molecule has 5 heteroatoms. The van der Waals surface area contributed by atoms with E-state index < -0.39 is 0 Å². The molecule has 0 saturated heterocycles. The van der Waals surface area contributed by atoms with Crippen LogP contribution in [0.4, 0.5) is 0 Å². The minimum atomic E-state index is -0.210.